The van der Waals surface area contributed by atoms with Gasteiger partial charge in [-0.1, -0.05) is 50.7 Å². The standard InChI is InChI=1S/C31H33N5O2S2/c1-19-7-16-25-26(17-19)40-29(33-25)21-8-12-23(13-9-21)32-27(37)18-39-30-35-34-28(36(30)6)20(2)38-24-14-10-22(11-15-24)31(3,4)5/h7-17,20H,18H2,1-6H3,(H,32,37). The normalized spacial score (nSPS) is 12.4. The van der Waals surface area contributed by atoms with Gasteiger partial charge >= 0.3 is 0 Å². The molecule has 1 unspecified atom stereocenters. The molecule has 5 rings (SSSR count). The Balaban J connectivity index is 1.15. The van der Waals surface area contributed by atoms with Gasteiger partial charge in [0.25, 0.3) is 0 Å². The molecule has 2 aromatic heterocycles. The van der Waals surface area contributed by atoms with Crippen LogP contribution in [0, 0.1) is 6.92 Å². The van der Waals surface area contributed by atoms with Crippen LogP contribution in [0.1, 0.15) is 50.8 Å². The first-order valence-electron chi connectivity index (χ1n) is 13.1. The Labute approximate surface area is 243 Å². The third kappa shape index (κ3) is 6.37. The van der Waals surface area contributed by atoms with Gasteiger partial charge in [0, 0.05) is 18.3 Å². The molecule has 0 aliphatic heterocycles. The summed E-state index contributed by atoms with van der Waals surface area (Å²) in [5.74, 6) is 1.58. The third-order valence-electron chi connectivity index (χ3n) is 6.56. The van der Waals surface area contributed by atoms with Crippen LogP contribution < -0.4 is 10.1 Å². The minimum Gasteiger partial charge on any atom is -0.483 e. The number of thioether (sulfide) groups is 1. The van der Waals surface area contributed by atoms with E-state index < -0.39 is 0 Å². The van der Waals surface area contributed by atoms with Crippen molar-refractivity contribution in [3.63, 3.8) is 0 Å². The highest BCUT2D eigenvalue weighted by Crippen LogP contribution is 2.32. The molecule has 0 aliphatic carbocycles. The number of amides is 1. The zero-order valence-electron chi connectivity index (χ0n) is 23.6. The number of aryl methyl sites for hydroxylation is 1. The van der Waals surface area contributed by atoms with E-state index in [4.69, 9.17) is 9.72 Å². The number of nitrogens with zero attached hydrogens (tertiary/aromatic N) is 4. The molecule has 0 saturated carbocycles. The van der Waals surface area contributed by atoms with Crippen LogP contribution in [-0.2, 0) is 17.3 Å². The minimum absolute atomic E-state index is 0.0894. The summed E-state index contributed by atoms with van der Waals surface area (Å²) in [4.78, 5) is 17.4. The summed E-state index contributed by atoms with van der Waals surface area (Å²) in [5, 5.41) is 13.2. The van der Waals surface area contributed by atoms with Crippen LogP contribution in [0.15, 0.2) is 71.9 Å². The molecule has 0 fully saturated rings. The number of aromatic nitrogens is 4. The number of thiazole rings is 1. The molecule has 9 heteroatoms. The molecule has 0 aliphatic rings. The van der Waals surface area contributed by atoms with E-state index in [9.17, 15) is 4.79 Å². The lowest BCUT2D eigenvalue weighted by atomic mass is 9.87. The second-order valence-electron chi connectivity index (χ2n) is 10.8. The maximum atomic E-state index is 12.7. The number of fused-ring (bicyclic) bond motifs is 1. The minimum atomic E-state index is -0.292. The van der Waals surface area contributed by atoms with Crippen LogP contribution in [0.5, 0.6) is 5.75 Å². The summed E-state index contributed by atoms with van der Waals surface area (Å²) in [7, 11) is 1.89. The zero-order chi connectivity index (χ0) is 28.4. The molecule has 7 nitrogen and oxygen atoms in total. The van der Waals surface area contributed by atoms with Gasteiger partial charge in [-0.05, 0) is 78.9 Å². The van der Waals surface area contributed by atoms with Gasteiger partial charge in [-0.25, -0.2) is 4.98 Å². The Morgan fingerprint density at radius 2 is 1.77 bits per heavy atom. The fourth-order valence-corrected chi connectivity index (χ4v) is 6.06. The Morgan fingerprint density at radius 1 is 1.05 bits per heavy atom. The van der Waals surface area contributed by atoms with Crippen molar-refractivity contribution in [3.05, 3.63) is 83.7 Å². The number of ether oxygens (including phenoxy) is 1. The Bertz CT molecular complexity index is 1630. The van der Waals surface area contributed by atoms with E-state index in [1.807, 2.05) is 54.9 Å². The molecule has 0 spiro atoms. The van der Waals surface area contributed by atoms with Gasteiger partial charge in [0.1, 0.15) is 10.8 Å². The number of nitrogens with one attached hydrogen (secondary N) is 1. The van der Waals surface area contributed by atoms with Crippen LogP contribution in [0.2, 0.25) is 0 Å². The quantitative estimate of drug-likeness (QED) is 0.194. The monoisotopic (exact) mass is 571 g/mol. The van der Waals surface area contributed by atoms with E-state index in [2.05, 4.69) is 73.5 Å². The maximum Gasteiger partial charge on any atom is 0.234 e. The highest BCUT2D eigenvalue weighted by molar-refractivity contribution is 7.99. The molecule has 1 atom stereocenters. The van der Waals surface area contributed by atoms with Crippen LogP contribution >= 0.6 is 23.1 Å². The molecular weight excluding hydrogens is 539 g/mol. The molecule has 1 N–H and O–H groups in total. The first-order chi connectivity index (χ1) is 19.1. The predicted octanol–water partition coefficient (Wildman–Crippen LogP) is 7.57. The fourth-order valence-electron chi connectivity index (χ4n) is 4.27. The van der Waals surface area contributed by atoms with Gasteiger partial charge in [0.05, 0.1) is 16.0 Å². The SMILES string of the molecule is Cc1ccc2nc(-c3ccc(NC(=O)CSc4nnc(C(C)Oc5ccc(C(C)(C)C)cc5)n4C)cc3)sc2c1. The maximum absolute atomic E-state index is 12.7. The van der Waals surface area contributed by atoms with Crippen LogP contribution in [-0.4, -0.2) is 31.4 Å². The van der Waals surface area contributed by atoms with Crippen molar-refractivity contribution in [2.75, 3.05) is 11.1 Å². The summed E-state index contributed by atoms with van der Waals surface area (Å²) in [6, 6.07) is 22.2. The predicted molar refractivity (Wildman–Crippen MR) is 164 cm³/mol. The molecule has 5 aromatic rings. The van der Waals surface area contributed by atoms with Gasteiger partial charge in [-0.15, -0.1) is 21.5 Å². The second kappa shape index (κ2) is 11.4. The van der Waals surface area contributed by atoms with E-state index in [-0.39, 0.29) is 23.2 Å². The summed E-state index contributed by atoms with van der Waals surface area (Å²) < 4.78 is 9.16. The lowest BCUT2D eigenvalue weighted by Crippen LogP contribution is -2.15. The molecule has 0 bridgehead atoms. The summed E-state index contributed by atoms with van der Waals surface area (Å²) in [6.45, 7) is 10.6. The van der Waals surface area contributed by atoms with Gasteiger partial charge in [0.2, 0.25) is 5.91 Å². The molecule has 0 radical (unpaired) electrons. The van der Waals surface area contributed by atoms with Crippen LogP contribution in [0.4, 0.5) is 5.69 Å². The van der Waals surface area contributed by atoms with Gasteiger partial charge < -0.3 is 14.6 Å². The highest BCUT2D eigenvalue weighted by atomic mass is 32.2. The highest BCUT2D eigenvalue weighted by Gasteiger charge is 2.19. The first-order valence-corrected chi connectivity index (χ1v) is 14.9. The van der Waals surface area contributed by atoms with E-state index in [0.29, 0.717) is 11.0 Å². The number of hydrogen-bond acceptors (Lipinski definition) is 7. The number of hydrogen-bond donors (Lipinski definition) is 1. The topological polar surface area (TPSA) is 81.9 Å². The molecule has 0 saturated heterocycles. The van der Waals surface area contributed by atoms with E-state index >= 15 is 0 Å². The van der Waals surface area contributed by atoms with Gasteiger partial charge in [0.15, 0.2) is 17.1 Å². The van der Waals surface area contributed by atoms with Crippen molar-refractivity contribution in [2.24, 2.45) is 7.05 Å². The van der Waals surface area contributed by atoms with E-state index in [1.54, 1.807) is 11.3 Å². The summed E-state index contributed by atoms with van der Waals surface area (Å²) in [5.41, 5.74) is 5.33. The molecular formula is C31H33N5O2S2. The lowest BCUT2D eigenvalue weighted by molar-refractivity contribution is -0.113. The second-order valence-corrected chi connectivity index (χ2v) is 12.8. The average Bonchev–Trinajstić information content (AvgIpc) is 3.50. The Morgan fingerprint density at radius 3 is 2.48 bits per heavy atom. The smallest absolute Gasteiger partial charge is 0.234 e. The third-order valence-corrected chi connectivity index (χ3v) is 8.64. The Hall–Kier alpha value is -3.69. The molecule has 3 aromatic carbocycles. The van der Waals surface area contributed by atoms with Crippen molar-refractivity contribution in [1.82, 2.24) is 19.7 Å². The lowest BCUT2D eigenvalue weighted by Gasteiger charge is -2.20. The fraction of sp³-hybridized carbons (Fsp3) is 0.290. The molecule has 206 valence electrons. The molecule has 2 heterocycles. The average molecular weight is 572 g/mol. The molecule has 40 heavy (non-hydrogen) atoms. The van der Waals surface area contributed by atoms with Crippen LogP contribution in [0.25, 0.3) is 20.8 Å². The van der Waals surface area contributed by atoms with Crippen molar-refractivity contribution >= 4 is 44.9 Å². The van der Waals surface area contributed by atoms with Crippen molar-refractivity contribution in [1.29, 1.82) is 0 Å². The molecule has 1 amide bonds. The summed E-state index contributed by atoms with van der Waals surface area (Å²) >= 11 is 3.01. The van der Waals surface area contributed by atoms with Gasteiger partial charge in [-0.3, -0.25) is 4.79 Å². The van der Waals surface area contributed by atoms with Crippen molar-refractivity contribution < 1.29 is 9.53 Å². The Kier molecular flexibility index (Phi) is 7.96. The number of rotatable bonds is 8. The number of carbonyl (C=O) groups is 1. The van der Waals surface area contributed by atoms with Crippen LogP contribution in [0.3, 0.4) is 0 Å². The van der Waals surface area contributed by atoms with E-state index in [1.165, 1.54) is 27.6 Å². The number of benzene rings is 3. The first kappa shape index (κ1) is 27.9. The number of anilines is 1. The largest absolute Gasteiger partial charge is 0.483 e. The summed E-state index contributed by atoms with van der Waals surface area (Å²) in [6.07, 6.45) is -0.292. The zero-order valence-corrected chi connectivity index (χ0v) is 25.2. The van der Waals surface area contributed by atoms with Gasteiger partial charge in [-0.2, -0.15) is 0 Å². The number of carbonyl (C=O) groups excluding carboxylic acids is 1. The van der Waals surface area contributed by atoms with Crippen molar-refractivity contribution in [3.8, 4) is 16.3 Å². The van der Waals surface area contributed by atoms with E-state index in [0.717, 1.165) is 27.5 Å². The van der Waals surface area contributed by atoms with Crippen molar-refractivity contribution in [2.45, 2.75) is 51.3 Å².